The minimum Gasteiger partial charge on any atom is -0.497 e. The van der Waals surface area contributed by atoms with E-state index in [9.17, 15) is 18.0 Å². The molecule has 2 aromatic carbocycles. The van der Waals surface area contributed by atoms with Gasteiger partial charge in [-0.2, -0.15) is 0 Å². The van der Waals surface area contributed by atoms with E-state index in [2.05, 4.69) is 26.3 Å². The van der Waals surface area contributed by atoms with Gasteiger partial charge in [-0.25, -0.2) is 13.1 Å². The lowest BCUT2D eigenvalue weighted by Crippen LogP contribution is -2.59. The number of piperidine rings is 1. The number of amides is 2. The van der Waals surface area contributed by atoms with Crippen molar-refractivity contribution in [2.75, 3.05) is 20.3 Å². The van der Waals surface area contributed by atoms with Crippen LogP contribution < -0.4 is 9.46 Å². The van der Waals surface area contributed by atoms with E-state index in [0.717, 1.165) is 92.1 Å². The van der Waals surface area contributed by atoms with Crippen molar-refractivity contribution >= 4 is 32.7 Å². The van der Waals surface area contributed by atoms with Gasteiger partial charge >= 0.3 is 0 Å². The number of methoxy groups -OCH3 is 1. The third-order valence-corrected chi connectivity index (χ3v) is 14.3. The number of hydrogen-bond donors (Lipinski definition) is 1. The van der Waals surface area contributed by atoms with Crippen molar-refractivity contribution in [2.45, 2.75) is 126 Å². The highest BCUT2D eigenvalue weighted by atomic mass is 32.2. The minimum atomic E-state index is -3.79. The molecule has 3 aliphatic carbocycles. The normalized spacial score (nSPS) is 24.2. The number of hydrogen-bond acceptors (Lipinski definition) is 6. The molecule has 3 aromatic rings. The van der Waals surface area contributed by atoms with Crippen molar-refractivity contribution in [1.82, 2.24) is 14.2 Å². The quantitative estimate of drug-likeness (QED) is 0.251. The van der Waals surface area contributed by atoms with Crippen LogP contribution >= 0.6 is 0 Å². The van der Waals surface area contributed by atoms with Gasteiger partial charge < -0.3 is 18.9 Å². The number of rotatable bonds is 9. The summed E-state index contributed by atoms with van der Waals surface area (Å²) in [7, 11) is -2.12. The second-order valence-corrected chi connectivity index (χ2v) is 17.6. The zero-order valence-corrected chi connectivity index (χ0v) is 30.1. The van der Waals surface area contributed by atoms with Crippen LogP contribution in [0.2, 0.25) is 0 Å². The first-order valence-electron chi connectivity index (χ1n) is 19.0. The SMILES string of the molecule is COc1ccc(-c2c(C3CCCCC3)c3ccc(C(=O)NS(=O)(=O)C4CCCCC4)cc3n2CC2(C(=O)N3C4CCCC3COC4)CC2)cc1. The first-order valence-corrected chi connectivity index (χ1v) is 20.6. The van der Waals surface area contributed by atoms with E-state index in [4.69, 9.17) is 9.47 Å². The lowest BCUT2D eigenvalue weighted by atomic mass is 9.81. The van der Waals surface area contributed by atoms with E-state index in [-0.39, 0.29) is 18.0 Å². The average molecular weight is 702 g/mol. The highest BCUT2D eigenvalue weighted by Crippen LogP contribution is 2.53. The number of benzene rings is 2. The second kappa shape index (κ2) is 13.6. The van der Waals surface area contributed by atoms with Crippen molar-refractivity contribution in [2.24, 2.45) is 5.41 Å². The van der Waals surface area contributed by atoms with Gasteiger partial charge in [0.05, 0.1) is 48.8 Å². The summed E-state index contributed by atoms with van der Waals surface area (Å²) in [5.41, 5.74) is 4.12. The Balaban J connectivity index is 1.24. The largest absolute Gasteiger partial charge is 0.497 e. The zero-order chi connectivity index (χ0) is 34.5. The molecule has 5 aliphatic rings. The van der Waals surface area contributed by atoms with E-state index >= 15 is 0 Å². The maximum absolute atomic E-state index is 14.7. The standard InChI is InChI=1S/C40H51N3O6S/c1-48-32-18-15-28(16-19-32)37-36(27-9-4-2-5-10-27)34-20-17-29(38(44)41-50(46,47)33-13-6-3-7-14-33)23-35(34)42(37)26-40(21-22-40)39(45)43-30-11-8-12-31(43)25-49-24-30/h15-20,23,27,30-31,33H,2-14,21-22,24-26H2,1H3,(H,41,44). The first-order chi connectivity index (χ1) is 24.3. The van der Waals surface area contributed by atoms with Crippen LogP contribution in [0.1, 0.15) is 118 Å². The molecule has 0 radical (unpaired) electrons. The molecule has 2 unspecified atom stereocenters. The van der Waals surface area contributed by atoms with Gasteiger partial charge in [0.25, 0.3) is 5.91 Å². The van der Waals surface area contributed by atoms with Crippen LogP contribution in [0.4, 0.5) is 0 Å². The van der Waals surface area contributed by atoms with Gasteiger partial charge in [0, 0.05) is 23.0 Å². The summed E-state index contributed by atoms with van der Waals surface area (Å²) in [6.45, 7) is 1.73. The average Bonchev–Trinajstić information content (AvgIpc) is 3.86. The molecule has 1 aromatic heterocycles. The Morgan fingerprint density at radius 2 is 1.52 bits per heavy atom. The fraction of sp³-hybridized carbons (Fsp3) is 0.600. The number of nitrogens with zero attached hydrogens (tertiary/aromatic N) is 2. The van der Waals surface area contributed by atoms with Crippen molar-refractivity contribution in [1.29, 1.82) is 0 Å². The second-order valence-electron chi connectivity index (χ2n) is 15.6. The molecule has 0 spiro atoms. The summed E-state index contributed by atoms with van der Waals surface area (Å²) in [4.78, 5) is 30.6. The van der Waals surface area contributed by atoms with Gasteiger partial charge in [-0.15, -0.1) is 0 Å². The summed E-state index contributed by atoms with van der Waals surface area (Å²) in [5.74, 6) is 0.778. The molecular weight excluding hydrogens is 651 g/mol. The van der Waals surface area contributed by atoms with Crippen LogP contribution in [0.15, 0.2) is 42.5 Å². The van der Waals surface area contributed by atoms with Gasteiger partial charge in [0.1, 0.15) is 5.75 Å². The molecule has 9 nitrogen and oxygen atoms in total. The van der Waals surface area contributed by atoms with Gasteiger partial charge in [0.15, 0.2) is 0 Å². The molecule has 3 saturated carbocycles. The number of morpholine rings is 1. The van der Waals surface area contributed by atoms with E-state index < -0.39 is 26.6 Å². The molecule has 1 N–H and O–H groups in total. The smallest absolute Gasteiger partial charge is 0.264 e. The van der Waals surface area contributed by atoms with Crippen LogP contribution in [-0.4, -0.2) is 67.4 Å². The van der Waals surface area contributed by atoms with E-state index in [1.54, 1.807) is 13.2 Å². The first kappa shape index (κ1) is 33.8. The van der Waals surface area contributed by atoms with Gasteiger partial charge in [-0.3, -0.25) is 9.59 Å². The maximum atomic E-state index is 14.7. The summed E-state index contributed by atoms with van der Waals surface area (Å²) in [6.07, 6.45) is 14.4. The van der Waals surface area contributed by atoms with Crippen LogP contribution in [0.5, 0.6) is 5.75 Å². The third-order valence-electron chi connectivity index (χ3n) is 12.5. The molecule has 268 valence electrons. The molecule has 10 heteroatoms. The van der Waals surface area contributed by atoms with E-state index in [1.165, 1.54) is 24.8 Å². The third kappa shape index (κ3) is 6.25. The molecule has 50 heavy (non-hydrogen) atoms. The molecule has 2 aliphatic heterocycles. The zero-order valence-electron chi connectivity index (χ0n) is 29.3. The van der Waals surface area contributed by atoms with Crippen molar-refractivity contribution < 1.29 is 27.5 Å². The highest BCUT2D eigenvalue weighted by Gasteiger charge is 2.55. The van der Waals surface area contributed by atoms with Crippen molar-refractivity contribution in [3.05, 3.63) is 53.6 Å². The monoisotopic (exact) mass is 701 g/mol. The van der Waals surface area contributed by atoms with Gasteiger partial charge in [-0.1, -0.05) is 44.6 Å². The van der Waals surface area contributed by atoms with Gasteiger partial charge in [0.2, 0.25) is 15.9 Å². The Kier molecular flexibility index (Phi) is 9.21. The van der Waals surface area contributed by atoms with Crippen LogP contribution in [0.25, 0.3) is 22.2 Å². The number of fused-ring (bicyclic) bond motifs is 3. The van der Waals surface area contributed by atoms with Crippen molar-refractivity contribution in [3.63, 3.8) is 0 Å². The van der Waals surface area contributed by atoms with E-state index in [0.29, 0.717) is 44.1 Å². The number of carbonyl (C=O) groups is 2. The van der Waals surface area contributed by atoms with Crippen LogP contribution in [0.3, 0.4) is 0 Å². The van der Waals surface area contributed by atoms with Crippen LogP contribution in [-0.2, 0) is 26.1 Å². The fourth-order valence-electron chi connectivity index (χ4n) is 9.52. The lowest BCUT2D eigenvalue weighted by molar-refractivity contribution is -0.157. The molecule has 5 fully saturated rings. The number of nitrogens with one attached hydrogen (secondary N) is 1. The Hall–Kier alpha value is -3.37. The molecule has 8 rings (SSSR count). The topological polar surface area (TPSA) is 107 Å². The van der Waals surface area contributed by atoms with Gasteiger partial charge in [-0.05, 0) is 111 Å². The molecule has 2 bridgehead atoms. The van der Waals surface area contributed by atoms with Crippen LogP contribution in [0, 0.1) is 5.41 Å². The van der Waals surface area contributed by atoms with Crippen molar-refractivity contribution in [3.8, 4) is 17.0 Å². The summed E-state index contributed by atoms with van der Waals surface area (Å²) >= 11 is 0. The minimum absolute atomic E-state index is 0.133. The predicted molar refractivity (Wildman–Crippen MR) is 194 cm³/mol. The molecule has 2 atom stereocenters. The Labute approximate surface area is 296 Å². The summed E-state index contributed by atoms with van der Waals surface area (Å²) in [6, 6.07) is 14.2. The van der Waals surface area contributed by atoms with E-state index in [1.807, 2.05) is 24.3 Å². The number of sulfonamides is 1. The Bertz CT molecular complexity index is 1830. The Morgan fingerprint density at radius 3 is 2.16 bits per heavy atom. The fourth-order valence-corrected chi connectivity index (χ4v) is 11.0. The molecule has 2 amide bonds. The Morgan fingerprint density at radius 1 is 0.860 bits per heavy atom. The summed E-state index contributed by atoms with van der Waals surface area (Å²) < 4.78 is 42.8. The molecule has 3 heterocycles. The maximum Gasteiger partial charge on any atom is 0.264 e. The summed E-state index contributed by atoms with van der Waals surface area (Å²) in [5, 5.41) is 0.550. The lowest BCUT2D eigenvalue weighted by Gasteiger charge is -2.47. The number of ether oxygens (including phenoxy) is 2. The molecule has 2 saturated heterocycles. The predicted octanol–water partition coefficient (Wildman–Crippen LogP) is 7.32. The number of aromatic nitrogens is 1. The number of carbonyl (C=O) groups excluding carboxylic acids is 2. The molecular formula is C40H51N3O6S. The highest BCUT2D eigenvalue weighted by molar-refractivity contribution is 7.90.